The minimum Gasteiger partial charge on any atom is -0.481 e. The summed E-state index contributed by atoms with van der Waals surface area (Å²) in [6.07, 6.45) is 2.69. The number of primary amides is 1. The molecule has 18 heavy (non-hydrogen) atoms. The van der Waals surface area contributed by atoms with Gasteiger partial charge in [-0.2, -0.15) is 0 Å². The van der Waals surface area contributed by atoms with Crippen LogP contribution in [0.5, 0.6) is 0 Å². The predicted octanol–water partition coefficient (Wildman–Crippen LogP) is 0.355. The van der Waals surface area contributed by atoms with Crippen LogP contribution in [0.25, 0.3) is 0 Å². The van der Waals surface area contributed by atoms with E-state index >= 15 is 0 Å². The van der Waals surface area contributed by atoms with Gasteiger partial charge in [-0.25, -0.2) is 0 Å². The Balaban J connectivity index is 2.71. The van der Waals surface area contributed by atoms with Crippen molar-refractivity contribution in [2.45, 2.75) is 39.0 Å². The van der Waals surface area contributed by atoms with Gasteiger partial charge < -0.3 is 15.7 Å². The largest absolute Gasteiger partial charge is 0.481 e. The van der Waals surface area contributed by atoms with Crippen molar-refractivity contribution >= 4 is 17.8 Å². The number of hydrogen-bond donors (Lipinski definition) is 2. The van der Waals surface area contributed by atoms with Crippen LogP contribution in [0, 0.1) is 5.41 Å². The predicted molar refractivity (Wildman–Crippen MR) is 64.6 cm³/mol. The molecule has 0 atom stereocenters. The highest BCUT2D eigenvalue weighted by atomic mass is 16.4. The van der Waals surface area contributed by atoms with Crippen molar-refractivity contribution in [2.24, 2.45) is 11.1 Å². The Morgan fingerprint density at radius 1 is 1.28 bits per heavy atom. The third-order valence-electron chi connectivity index (χ3n) is 3.59. The van der Waals surface area contributed by atoms with E-state index in [2.05, 4.69) is 0 Å². The van der Waals surface area contributed by atoms with Crippen LogP contribution in [0.1, 0.15) is 39.0 Å². The van der Waals surface area contributed by atoms with Crippen molar-refractivity contribution in [2.75, 3.05) is 13.1 Å². The van der Waals surface area contributed by atoms with Crippen molar-refractivity contribution in [1.82, 2.24) is 4.90 Å². The Morgan fingerprint density at radius 3 is 2.22 bits per heavy atom. The maximum atomic E-state index is 12.0. The second kappa shape index (κ2) is 5.84. The zero-order valence-corrected chi connectivity index (χ0v) is 10.6. The summed E-state index contributed by atoms with van der Waals surface area (Å²) in [7, 11) is 0. The van der Waals surface area contributed by atoms with E-state index in [1.807, 2.05) is 0 Å². The Morgan fingerprint density at radius 2 is 1.83 bits per heavy atom. The fourth-order valence-corrected chi connectivity index (χ4v) is 2.48. The first-order chi connectivity index (χ1) is 8.41. The van der Waals surface area contributed by atoms with Crippen molar-refractivity contribution in [3.63, 3.8) is 0 Å². The van der Waals surface area contributed by atoms with Crippen molar-refractivity contribution in [3.8, 4) is 0 Å². The molecule has 6 nitrogen and oxygen atoms in total. The van der Waals surface area contributed by atoms with Crippen LogP contribution in [-0.2, 0) is 14.4 Å². The lowest BCUT2D eigenvalue weighted by Crippen LogP contribution is -2.42. The van der Waals surface area contributed by atoms with E-state index in [-0.39, 0.29) is 18.9 Å². The monoisotopic (exact) mass is 256 g/mol. The van der Waals surface area contributed by atoms with Gasteiger partial charge >= 0.3 is 5.97 Å². The molecular formula is C12H20N2O4. The molecule has 2 amide bonds. The lowest BCUT2D eigenvalue weighted by molar-refractivity contribution is -0.153. The summed E-state index contributed by atoms with van der Waals surface area (Å²) in [5.41, 5.74) is 4.12. The zero-order chi connectivity index (χ0) is 13.8. The number of carboxylic acid groups (broad SMARTS) is 1. The Bertz CT molecular complexity index is 348. The van der Waals surface area contributed by atoms with E-state index in [0.29, 0.717) is 19.4 Å². The highest BCUT2D eigenvalue weighted by Crippen LogP contribution is 2.41. The maximum Gasteiger partial charge on any atom is 0.310 e. The third-order valence-corrected chi connectivity index (χ3v) is 3.59. The molecule has 1 aliphatic carbocycles. The second-order valence-electron chi connectivity index (χ2n) is 4.84. The number of amides is 2. The number of hydrogen-bond acceptors (Lipinski definition) is 3. The van der Waals surface area contributed by atoms with Gasteiger partial charge in [0.15, 0.2) is 0 Å². The smallest absolute Gasteiger partial charge is 0.310 e. The third kappa shape index (κ3) is 3.21. The van der Waals surface area contributed by atoms with E-state index in [1.54, 1.807) is 6.92 Å². The van der Waals surface area contributed by atoms with Gasteiger partial charge in [0.25, 0.3) is 0 Å². The van der Waals surface area contributed by atoms with E-state index in [0.717, 1.165) is 12.8 Å². The normalized spacial score (nSPS) is 17.4. The van der Waals surface area contributed by atoms with E-state index in [1.165, 1.54) is 4.90 Å². The Hall–Kier alpha value is -1.59. The van der Waals surface area contributed by atoms with E-state index < -0.39 is 17.3 Å². The average Bonchev–Trinajstić information content (AvgIpc) is 2.75. The molecule has 1 aliphatic rings. The van der Waals surface area contributed by atoms with Crippen LogP contribution in [0.15, 0.2) is 0 Å². The number of nitrogens with zero attached hydrogens (tertiary/aromatic N) is 1. The van der Waals surface area contributed by atoms with Crippen molar-refractivity contribution in [1.29, 1.82) is 0 Å². The lowest BCUT2D eigenvalue weighted by Gasteiger charge is -2.27. The molecule has 0 unspecified atom stereocenters. The fraction of sp³-hybridized carbons (Fsp3) is 0.750. The summed E-state index contributed by atoms with van der Waals surface area (Å²) in [6, 6.07) is 0. The highest BCUT2D eigenvalue weighted by molar-refractivity contribution is 5.88. The molecule has 0 saturated heterocycles. The molecule has 0 aliphatic heterocycles. The summed E-state index contributed by atoms with van der Waals surface area (Å²) < 4.78 is 0. The van der Waals surface area contributed by atoms with Gasteiger partial charge in [-0.3, -0.25) is 14.4 Å². The molecule has 6 heteroatoms. The molecule has 1 saturated carbocycles. The van der Waals surface area contributed by atoms with Crippen LogP contribution in [-0.4, -0.2) is 40.9 Å². The first-order valence-corrected chi connectivity index (χ1v) is 6.21. The molecule has 1 rings (SSSR count). The number of carboxylic acids is 1. The van der Waals surface area contributed by atoms with Crippen LogP contribution < -0.4 is 5.73 Å². The van der Waals surface area contributed by atoms with Gasteiger partial charge in [-0.05, 0) is 19.8 Å². The number of carbonyl (C=O) groups is 3. The van der Waals surface area contributed by atoms with Gasteiger partial charge in [-0.1, -0.05) is 12.8 Å². The Kier molecular flexibility index (Phi) is 4.69. The first kappa shape index (κ1) is 14.5. The number of rotatable bonds is 6. The van der Waals surface area contributed by atoms with Gasteiger partial charge in [0.2, 0.25) is 11.8 Å². The summed E-state index contributed by atoms with van der Waals surface area (Å²) in [4.78, 5) is 35.5. The van der Waals surface area contributed by atoms with Crippen molar-refractivity contribution < 1.29 is 19.5 Å². The van der Waals surface area contributed by atoms with Crippen LogP contribution in [0.3, 0.4) is 0 Å². The molecule has 0 aromatic heterocycles. The highest BCUT2D eigenvalue weighted by Gasteiger charge is 2.43. The van der Waals surface area contributed by atoms with Gasteiger partial charge in [0.05, 0.1) is 12.0 Å². The number of likely N-dealkylation sites (N-methyl/N-ethyl adjacent to an activating group) is 1. The molecule has 0 bridgehead atoms. The molecule has 0 heterocycles. The molecule has 0 spiro atoms. The zero-order valence-electron chi connectivity index (χ0n) is 10.6. The van der Waals surface area contributed by atoms with E-state index in [9.17, 15) is 19.5 Å². The SMILES string of the molecule is CCN(CC(N)=O)C(=O)CC1(C(=O)O)CCCC1. The maximum absolute atomic E-state index is 12.0. The lowest BCUT2D eigenvalue weighted by atomic mass is 9.82. The van der Waals surface area contributed by atoms with Gasteiger partial charge in [0, 0.05) is 13.0 Å². The van der Waals surface area contributed by atoms with Crippen LogP contribution in [0.4, 0.5) is 0 Å². The minimum atomic E-state index is -0.942. The van der Waals surface area contributed by atoms with Gasteiger partial charge in [-0.15, -0.1) is 0 Å². The fourth-order valence-electron chi connectivity index (χ4n) is 2.48. The van der Waals surface area contributed by atoms with E-state index in [4.69, 9.17) is 5.73 Å². The molecule has 1 fully saturated rings. The van der Waals surface area contributed by atoms with Crippen LogP contribution >= 0.6 is 0 Å². The summed E-state index contributed by atoms with van der Waals surface area (Å²) in [5.74, 6) is -1.80. The van der Waals surface area contributed by atoms with Gasteiger partial charge in [0.1, 0.15) is 0 Å². The topological polar surface area (TPSA) is 101 Å². The Labute approximate surface area is 106 Å². The van der Waals surface area contributed by atoms with Crippen molar-refractivity contribution in [3.05, 3.63) is 0 Å². The molecule has 0 aromatic carbocycles. The standard InChI is InChI=1S/C12H20N2O4/c1-2-14(8-9(13)15)10(16)7-12(11(17)18)5-3-4-6-12/h2-8H2,1H3,(H2,13,15)(H,17,18). The summed E-state index contributed by atoms with van der Waals surface area (Å²) in [6.45, 7) is 1.95. The molecule has 0 aromatic rings. The molecule has 0 radical (unpaired) electrons. The number of nitrogens with two attached hydrogens (primary N) is 1. The average molecular weight is 256 g/mol. The second-order valence-corrected chi connectivity index (χ2v) is 4.84. The molecule has 3 N–H and O–H groups in total. The van der Waals surface area contributed by atoms with Crippen LogP contribution in [0.2, 0.25) is 0 Å². The quantitative estimate of drug-likeness (QED) is 0.716. The summed E-state index contributed by atoms with van der Waals surface area (Å²) in [5, 5.41) is 9.29. The number of carbonyl (C=O) groups excluding carboxylic acids is 2. The first-order valence-electron chi connectivity index (χ1n) is 6.21. The number of aliphatic carboxylic acids is 1. The molecular weight excluding hydrogens is 236 g/mol. The minimum absolute atomic E-state index is 0.0382. The molecule has 102 valence electrons. The summed E-state index contributed by atoms with van der Waals surface area (Å²) >= 11 is 0.